The van der Waals surface area contributed by atoms with Crippen molar-refractivity contribution in [1.29, 1.82) is 0 Å². The predicted molar refractivity (Wildman–Crippen MR) is 116 cm³/mol. The first kappa shape index (κ1) is 19.7. The van der Waals surface area contributed by atoms with Crippen molar-refractivity contribution in [3.63, 3.8) is 0 Å². The van der Waals surface area contributed by atoms with Crippen LogP contribution in [0.1, 0.15) is 10.4 Å². The zero-order chi connectivity index (χ0) is 21.3. The fourth-order valence-electron chi connectivity index (χ4n) is 2.83. The number of sulfonamides is 1. The Morgan fingerprint density at radius 2 is 1.47 bits per heavy atom. The van der Waals surface area contributed by atoms with E-state index in [1.165, 1.54) is 24.3 Å². The number of aromatic nitrogens is 2. The quantitative estimate of drug-likeness (QED) is 0.377. The van der Waals surface area contributed by atoms with Gasteiger partial charge in [0.2, 0.25) is 0 Å². The predicted octanol–water partition coefficient (Wildman–Crippen LogP) is 3.56. The highest BCUT2D eigenvalue weighted by Crippen LogP contribution is 2.20. The monoisotopic (exact) mass is 442 g/mol. The molecule has 1 heterocycles. The number of hydrogen-bond acceptors (Lipinski definition) is 4. The van der Waals surface area contributed by atoms with Crippen LogP contribution < -0.4 is 15.7 Å². The number of aromatic amines is 2. The molecule has 0 bridgehead atoms. The highest BCUT2D eigenvalue weighted by Gasteiger charge is 2.15. The van der Waals surface area contributed by atoms with Gasteiger partial charge in [-0.15, -0.1) is 0 Å². The molecule has 4 aromatic rings. The highest BCUT2D eigenvalue weighted by molar-refractivity contribution is 7.92. The first-order valence-corrected chi connectivity index (χ1v) is 10.6. The molecule has 0 aliphatic carbocycles. The normalized spacial score (nSPS) is 11.4. The Balaban J connectivity index is 1.49. The summed E-state index contributed by atoms with van der Waals surface area (Å²) in [6, 6.07) is 16.7. The Labute approximate surface area is 176 Å². The van der Waals surface area contributed by atoms with Crippen molar-refractivity contribution < 1.29 is 13.2 Å². The van der Waals surface area contributed by atoms with Gasteiger partial charge >= 0.3 is 5.69 Å². The minimum Gasteiger partial charge on any atom is -0.322 e. The van der Waals surface area contributed by atoms with Crippen LogP contribution in [0.4, 0.5) is 11.4 Å². The lowest BCUT2D eigenvalue weighted by Crippen LogP contribution is -2.14. The van der Waals surface area contributed by atoms with Gasteiger partial charge < -0.3 is 15.3 Å². The fourth-order valence-corrected chi connectivity index (χ4v) is 4.02. The summed E-state index contributed by atoms with van der Waals surface area (Å²) in [5.41, 5.74) is 2.00. The smallest absolute Gasteiger partial charge is 0.322 e. The molecule has 0 aliphatic rings. The zero-order valence-electron chi connectivity index (χ0n) is 15.3. The van der Waals surface area contributed by atoms with Gasteiger partial charge in [-0.25, -0.2) is 13.2 Å². The number of H-pyrrole nitrogens is 2. The average molecular weight is 443 g/mol. The Morgan fingerprint density at radius 3 is 2.17 bits per heavy atom. The highest BCUT2D eigenvalue weighted by atomic mass is 35.5. The topological polar surface area (TPSA) is 124 Å². The maximum absolute atomic E-state index is 12.5. The van der Waals surface area contributed by atoms with E-state index in [9.17, 15) is 18.0 Å². The largest absolute Gasteiger partial charge is 0.323 e. The maximum Gasteiger partial charge on any atom is 0.323 e. The molecule has 0 saturated carbocycles. The van der Waals surface area contributed by atoms with E-state index in [0.29, 0.717) is 27.4 Å². The molecule has 0 aliphatic heterocycles. The van der Waals surface area contributed by atoms with E-state index in [2.05, 4.69) is 20.0 Å². The molecule has 152 valence electrons. The second-order valence-electron chi connectivity index (χ2n) is 6.43. The minimum absolute atomic E-state index is 0.0142. The first-order valence-electron chi connectivity index (χ1n) is 8.72. The van der Waals surface area contributed by atoms with E-state index < -0.39 is 15.9 Å². The van der Waals surface area contributed by atoms with Gasteiger partial charge in [0.15, 0.2) is 0 Å². The van der Waals surface area contributed by atoms with Crippen LogP contribution in [0.15, 0.2) is 76.4 Å². The molecular formula is C20H15ClN4O4S. The van der Waals surface area contributed by atoms with Gasteiger partial charge in [0.25, 0.3) is 15.9 Å². The molecule has 30 heavy (non-hydrogen) atoms. The number of fused-ring (bicyclic) bond motifs is 1. The number of nitrogens with one attached hydrogen (secondary N) is 4. The molecule has 4 N–H and O–H groups in total. The van der Waals surface area contributed by atoms with E-state index in [0.717, 1.165) is 0 Å². The van der Waals surface area contributed by atoms with Crippen LogP contribution in [0.3, 0.4) is 0 Å². The van der Waals surface area contributed by atoms with Crippen molar-refractivity contribution in [2.75, 3.05) is 10.0 Å². The molecule has 0 radical (unpaired) electrons. The van der Waals surface area contributed by atoms with Gasteiger partial charge in [-0.3, -0.25) is 9.52 Å². The molecular weight excluding hydrogens is 428 g/mol. The number of rotatable bonds is 5. The zero-order valence-corrected chi connectivity index (χ0v) is 16.8. The van der Waals surface area contributed by atoms with Gasteiger partial charge in [0, 0.05) is 22.0 Å². The first-order chi connectivity index (χ1) is 14.3. The molecule has 0 fully saturated rings. The van der Waals surface area contributed by atoms with Gasteiger partial charge in [-0.2, -0.15) is 0 Å². The lowest BCUT2D eigenvalue weighted by Gasteiger charge is -2.09. The Hall–Kier alpha value is -3.56. The van der Waals surface area contributed by atoms with Crippen molar-refractivity contribution in [1.82, 2.24) is 9.97 Å². The number of amides is 1. The summed E-state index contributed by atoms with van der Waals surface area (Å²) in [7, 11) is -3.81. The van der Waals surface area contributed by atoms with Crippen molar-refractivity contribution in [3.8, 4) is 0 Å². The van der Waals surface area contributed by atoms with E-state index in [-0.39, 0.29) is 16.1 Å². The molecule has 3 aromatic carbocycles. The van der Waals surface area contributed by atoms with E-state index in [1.807, 2.05) is 0 Å². The minimum atomic E-state index is -3.81. The van der Waals surface area contributed by atoms with Crippen molar-refractivity contribution in [2.45, 2.75) is 4.90 Å². The van der Waals surface area contributed by atoms with E-state index in [1.54, 1.807) is 42.5 Å². The third-order valence-electron chi connectivity index (χ3n) is 4.30. The third-order valence-corrected chi connectivity index (χ3v) is 5.95. The van der Waals surface area contributed by atoms with Gasteiger partial charge in [-0.05, 0) is 66.7 Å². The van der Waals surface area contributed by atoms with Crippen LogP contribution >= 0.6 is 11.6 Å². The summed E-state index contributed by atoms with van der Waals surface area (Å²) >= 11 is 5.80. The van der Waals surface area contributed by atoms with Crippen LogP contribution in [-0.4, -0.2) is 24.3 Å². The number of anilines is 2. The molecule has 1 amide bonds. The number of carbonyl (C=O) groups is 1. The SMILES string of the molecule is O=C(Nc1ccc2[nH]c(=O)[nH]c2c1)c1ccc(S(=O)(=O)Nc2ccc(Cl)cc2)cc1. The van der Waals surface area contributed by atoms with Crippen LogP contribution in [0.25, 0.3) is 11.0 Å². The summed E-state index contributed by atoms with van der Waals surface area (Å²) in [6.07, 6.45) is 0. The van der Waals surface area contributed by atoms with Crippen molar-refractivity contribution in [3.05, 3.63) is 87.8 Å². The number of benzene rings is 3. The van der Waals surface area contributed by atoms with Gasteiger partial charge in [0.1, 0.15) is 0 Å². The second-order valence-corrected chi connectivity index (χ2v) is 8.55. The van der Waals surface area contributed by atoms with Crippen LogP contribution in [0, 0.1) is 0 Å². The van der Waals surface area contributed by atoms with Crippen LogP contribution in [0.2, 0.25) is 5.02 Å². The van der Waals surface area contributed by atoms with Crippen molar-refractivity contribution in [2.24, 2.45) is 0 Å². The standard InChI is InChI=1S/C20H15ClN4O4S/c21-13-3-5-14(6-4-13)25-30(28,29)16-8-1-12(2-9-16)19(26)22-15-7-10-17-18(11-15)24-20(27)23-17/h1-11,25H,(H,22,26)(H2,23,24,27). The molecule has 0 saturated heterocycles. The Bertz CT molecular complexity index is 1390. The summed E-state index contributed by atoms with van der Waals surface area (Å²) in [4.78, 5) is 29.0. The van der Waals surface area contributed by atoms with E-state index in [4.69, 9.17) is 11.6 Å². The van der Waals surface area contributed by atoms with Crippen LogP contribution in [-0.2, 0) is 10.0 Å². The van der Waals surface area contributed by atoms with Crippen LogP contribution in [0.5, 0.6) is 0 Å². The molecule has 0 atom stereocenters. The van der Waals surface area contributed by atoms with E-state index >= 15 is 0 Å². The number of carbonyl (C=O) groups excluding carboxylic acids is 1. The lowest BCUT2D eigenvalue weighted by molar-refractivity contribution is 0.102. The van der Waals surface area contributed by atoms with Gasteiger partial charge in [0.05, 0.1) is 15.9 Å². The van der Waals surface area contributed by atoms with Crippen molar-refractivity contribution >= 4 is 49.9 Å². The van der Waals surface area contributed by atoms with Gasteiger partial charge in [-0.1, -0.05) is 11.6 Å². The fraction of sp³-hybridized carbons (Fsp3) is 0. The number of hydrogen-bond donors (Lipinski definition) is 4. The summed E-state index contributed by atoms with van der Waals surface area (Å²) in [5.74, 6) is -0.415. The summed E-state index contributed by atoms with van der Waals surface area (Å²) in [6.45, 7) is 0. The molecule has 1 aromatic heterocycles. The molecule has 4 rings (SSSR count). The molecule has 8 nitrogen and oxygen atoms in total. The Morgan fingerprint density at radius 1 is 0.833 bits per heavy atom. The molecule has 10 heteroatoms. The summed E-state index contributed by atoms with van der Waals surface area (Å²) in [5, 5.41) is 3.21. The average Bonchev–Trinajstić information content (AvgIpc) is 3.09. The lowest BCUT2D eigenvalue weighted by atomic mass is 10.2. The number of halogens is 1. The summed E-state index contributed by atoms with van der Waals surface area (Å²) < 4.78 is 27.5. The molecule has 0 unspecified atom stereocenters. The molecule has 0 spiro atoms. The second kappa shape index (κ2) is 7.69. The third kappa shape index (κ3) is 4.22. The number of imidazole rings is 1. The maximum atomic E-state index is 12.5. The Kier molecular flexibility index (Phi) is 5.06.